The molecule has 150 valence electrons. The maximum Gasteiger partial charge on any atom is 0.417 e. The third kappa shape index (κ3) is 3.64. The van der Waals surface area contributed by atoms with Crippen molar-refractivity contribution in [1.82, 2.24) is 9.97 Å². The number of benzene rings is 2. The summed E-state index contributed by atoms with van der Waals surface area (Å²) < 4.78 is 5.00. The van der Waals surface area contributed by atoms with Crippen LogP contribution >= 0.6 is 11.3 Å². The zero-order valence-electron chi connectivity index (χ0n) is 14.6. The van der Waals surface area contributed by atoms with E-state index in [9.17, 15) is 29.8 Å². The van der Waals surface area contributed by atoms with E-state index < -0.39 is 32.9 Å². The Morgan fingerprint density at radius 2 is 1.80 bits per heavy atom. The summed E-state index contributed by atoms with van der Waals surface area (Å²) in [6, 6.07) is 7.62. The smallest absolute Gasteiger partial charge is 0.408 e. The number of anilines is 1. The van der Waals surface area contributed by atoms with Crippen LogP contribution in [0.4, 0.5) is 16.5 Å². The molecule has 0 unspecified atom stereocenters. The molecule has 30 heavy (non-hydrogen) atoms. The topological polar surface area (TPSA) is 174 Å². The molecule has 0 bridgehead atoms. The van der Waals surface area contributed by atoms with E-state index in [0.29, 0.717) is 22.4 Å². The van der Waals surface area contributed by atoms with Gasteiger partial charge in [-0.1, -0.05) is 6.07 Å². The molecule has 2 aromatic heterocycles. The number of H-pyrrole nitrogens is 1. The van der Waals surface area contributed by atoms with Crippen LogP contribution in [0, 0.1) is 20.2 Å². The first-order valence-electron chi connectivity index (χ1n) is 8.14. The van der Waals surface area contributed by atoms with E-state index in [1.54, 1.807) is 23.6 Å². The molecule has 4 rings (SSSR count). The van der Waals surface area contributed by atoms with Crippen molar-refractivity contribution in [3.63, 3.8) is 0 Å². The molecule has 2 N–H and O–H groups in total. The highest BCUT2D eigenvalue weighted by Gasteiger charge is 2.20. The zero-order chi connectivity index (χ0) is 21.4. The molecule has 0 aliphatic carbocycles. The van der Waals surface area contributed by atoms with Crippen LogP contribution in [0.25, 0.3) is 22.4 Å². The summed E-state index contributed by atoms with van der Waals surface area (Å²) in [5, 5.41) is 26.2. The molecule has 13 heteroatoms. The van der Waals surface area contributed by atoms with Gasteiger partial charge in [0.15, 0.2) is 10.7 Å². The molecule has 0 aliphatic heterocycles. The van der Waals surface area contributed by atoms with Crippen LogP contribution in [-0.2, 0) is 0 Å². The third-order valence-corrected chi connectivity index (χ3v) is 4.79. The minimum Gasteiger partial charge on any atom is -0.408 e. The van der Waals surface area contributed by atoms with Crippen molar-refractivity contribution in [2.24, 2.45) is 0 Å². The molecule has 4 aromatic rings. The Kier molecular flexibility index (Phi) is 4.56. The minimum atomic E-state index is -0.819. The van der Waals surface area contributed by atoms with Crippen molar-refractivity contribution < 1.29 is 19.1 Å². The molecule has 2 heterocycles. The van der Waals surface area contributed by atoms with Gasteiger partial charge in [-0.15, -0.1) is 11.3 Å². The van der Waals surface area contributed by atoms with Gasteiger partial charge in [-0.05, 0) is 12.1 Å². The maximum absolute atomic E-state index is 12.4. The second-order valence-electron chi connectivity index (χ2n) is 5.97. The highest BCUT2D eigenvalue weighted by atomic mass is 32.1. The molecule has 2 aromatic carbocycles. The quantitative estimate of drug-likeness (QED) is 0.360. The number of aromatic amines is 1. The highest BCUT2D eigenvalue weighted by molar-refractivity contribution is 7.14. The minimum absolute atomic E-state index is 0.180. The summed E-state index contributed by atoms with van der Waals surface area (Å²) in [7, 11) is 0. The molecular weight excluding hydrogens is 418 g/mol. The highest BCUT2D eigenvalue weighted by Crippen LogP contribution is 2.28. The number of nitrogens with one attached hydrogen (secondary N) is 2. The number of hydrogen-bond donors (Lipinski definition) is 2. The number of nitro groups is 2. The number of fused-ring (bicyclic) bond motifs is 1. The molecule has 0 saturated heterocycles. The maximum atomic E-state index is 12.4. The monoisotopic (exact) mass is 427 g/mol. The van der Waals surface area contributed by atoms with Crippen LogP contribution in [0.15, 0.2) is 51.0 Å². The normalized spacial score (nSPS) is 10.8. The molecule has 0 aliphatic rings. The van der Waals surface area contributed by atoms with Gasteiger partial charge < -0.3 is 4.42 Å². The molecule has 12 nitrogen and oxygen atoms in total. The van der Waals surface area contributed by atoms with Crippen LogP contribution in [-0.4, -0.2) is 25.7 Å². The summed E-state index contributed by atoms with van der Waals surface area (Å²) in [6.45, 7) is 0. The molecule has 0 radical (unpaired) electrons. The van der Waals surface area contributed by atoms with E-state index >= 15 is 0 Å². The summed E-state index contributed by atoms with van der Waals surface area (Å²) in [5.74, 6) is -1.37. The number of aromatic nitrogens is 2. The van der Waals surface area contributed by atoms with E-state index in [4.69, 9.17) is 4.42 Å². The van der Waals surface area contributed by atoms with Gasteiger partial charge in [-0.3, -0.25) is 35.3 Å². The van der Waals surface area contributed by atoms with E-state index in [0.717, 1.165) is 29.5 Å². The summed E-state index contributed by atoms with van der Waals surface area (Å²) in [4.78, 5) is 50.8. The summed E-state index contributed by atoms with van der Waals surface area (Å²) in [6.07, 6.45) is 0. The molecule has 0 spiro atoms. The Labute approximate surface area is 169 Å². The number of carbonyl (C=O) groups excluding carboxylic acids is 1. The van der Waals surface area contributed by atoms with Crippen molar-refractivity contribution in [3.8, 4) is 11.3 Å². The number of nitro benzene ring substituents is 2. The fourth-order valence-electron chi connectivity index (χ4n) is 2.67. The Morgan fingerprint density at radius 1 is 1.10 bits per heavy atom. The van der Waals surface area contributed by atoms with Crippen LogP contribution < -0.4 is 11.1 Å². The lowest BCUT2D eigenvalue weighted by Gasteiger charge is -2.02. The molecule has 0 saturated carbocycles. The molecule has 0 fully saturated rings. The number of thiazole rings is 1. The predicted molar refractivity (Wildman–Crippen MR) is 106 cm³/mol. The van der Waals surface area contributed by atoms with Crippen molar-refractivity contribution in [2.75, 3.05) is 5.32 Å². The molecular formula is C17H9N5O7S. The third-order valence-electron chi connectivity index (χ3n) is 4.03. The fraction of sp³-hybridized carbons (Fsp3) is 0. The number of carbonyl (C=O) groups is 1. The van der Waals surface area contributed by atoms with Crippen LogP contribution in [0.2, 0.25) is 0 Å². The van der Waals surface area contributed by atoms with E-state index in [2.05, 4.69) is 15.3 Å². The van der Waals surface area contributed by atoms with Crippen LogP contribution in [0.1, 0.15) is 10.4 Å². The van der Waals surface area contributed by atoms with E-state index in [1.807, 2.05) is 0 Å². The first kappa shape index (κ1) is 18.9. The largest absolute Gasteiger partial charge is 0.417 e. The van der Waals surface area contributed by atoms with Crippen LogP contribution in [0.3, 0.4) is 0 Å². The van der Waals surface area contributed by atoms with Gasteiger partial charge >= 0.3 is 5.76 Å². The lowest BCUT2D eigenvalue weighted by atomic mass is 10.1. The number of non-ortho nitro benzene ring substituents is 2. The first-order valence-corrected chi connectivity index (χ1v) is 9.02. The van der Waals surface area contributed by atoms with E-state index in [1.165, 1.54) is 0 Å². The number of hydrogen-bond acceptors (Lipinski definition) is 9. The van der Waals surface area contributed by atoms with Gasteiger partial charge in [-0.25, -0.2) is 9.78 Å². The van der Waals surface area contributed by atoms with Crippen molar-refractivity contribution >= 4 is 44.9 Å². The second-order valence-corrected chi connectivity index (χ2v) is 6.83. The van der Waals surface area contributed by atoms with Crippen LogP contribution in [0.5, 0.6) is 0 Å². The Balaban J connectivity index is 1.60. The molecule has 0 atom stereocenters. The SMILES string of the molecule is O=C(Nc1nc(-c2ccc3[nH]c(=O)oc3c2)cs1)c1cc([N+](=O)[O-])cc([N+](=O)[O-])c1. The second kappa shape index (κ2) is 7.21. The van der Waals surface area contributed by atoms with Gasteiger partial charge in [-0.2, -0.15) is 0 Å². The predicted octanol–water partition coefficient (Wildman–Crippen LogP) is 3.31. The van der Waals surface area contributed by atoms with Gasteiger partial charge in [0.1, 0.15) is 0 Å². The lowest BCUT2D eigenvalue weighted by Crippen LogP contribution is -2.12. The Morgan fingerprint density at radius 3 is 2.47 bits per heavy atom. The average Bonchev–Trinajstić information content (AvgIpc) is 3.32. The lowest BCUT2D eigenvalue weighted by molar-refractivity contribution is -0.394. The van der Waals surface area contributed by atoms with Gasteiger partial charge in [0.25, 0.3) is 17.3 Å². The fourth-order valence-corrected chi connectivity index (χ4v) is 3.39. The zero-order valence-corrected chi connectivity index (χ0v) is 15.5. The van der Waals surface area contributed by atoms with Gasteiger partial charge in [0, 0.05) is 23.1 Å². The number of amides is 1. The Bertz CT molecular complexity index is 1350. The van der Waals surface area contributed by atoms with Crippen molar-refractivity contribution in [1.29, 1.82) is 0 Å². The van der Waals surface area contributed by atoms with E-state index in [-0.39, 0.29) is 10.7 Å². The number of oxazole rings is 1. The first-order chi connectivity index (χ1) is 14.3. The van der Waals surface area contributed by atoms with Crippen molar-refractivity contribution in [3.05, 3.63) is 78.1 Å². The Hall–Kier alpha value is -4.39. The standard InChI is InChI=1S/C17H9N5O7S/c23-15(9-3-10(21(25)26)6-11(4-9)22(27)28)20-16-18-13(7-30-16)8-1-2-12-14(5-8)29-17(24)19-12/h1-7H,(H,19,24)(H,18,20,23). The summed E-state index contributed by atoms with van der Waals surface area (Å²) in [5.41, 5.74) is 0.605. The van der Waals surface area contributed by atoms with Gasteiger partial charge in [0.2, 0.25) is 0 Å². The van der Waals surface area contributed by atoms with Crippen molar-refractivity contribution in [2.45, 2.75) is 0 Å². The summed E-state index contributed by atoms with van der Waals surface area (Å²) >= 11 is 1.09. The van der Waals surface area contributed by atoms with Gasteiger partial charge in [0.05, 0.1) is 32.7 Å². The number of nitrogens with zero attached hydrogens (tertiary/aromatic N) is 3. The average molecular weight is 427 g/mol. The molecule has 1 amide bonds. The number of rotatable bonds is 5.